The summed E-state index contributed by atoms with van der Waals surface area (Å²) in [6.07, 6.45) is 2.58. The summed E-state index contributed by atoms with van der Waals surface area (Å²) in [5, 5.41) is 13.0. The zero-order valence-electron chi connectivity index (χ0n) is 10.7. The summed E-state index contributed by atoms with van der Waals surface area (Å²) in [5.74, 6) is 0. The molecule has 0 aliphatic heterocycles. The van der Waals surface area contributed by atoms with Gasteiger partial charge < -0.3 is 5.11 Å². The molecule has 108 valence electrons. The maximum atomic E-state index is 12.2. The fraction of sp³-hybridized carbons (Fsp3) is 0.250. The number of aliphatic hydroxyl groups is 1. The summed E-state index contributed by atoms with van der Waals surface area (Å²) < 4.78 is 28.3. The predicted molar refractivity (Wildman–Crippen MR) is 76.3 cm³/mol. The Kier molecular flexibility index (Phi) is 4.32. The molecule has 0 unspecified atom stereocenters. The molecule has 0 fully saturated rings. The Bertz CT molecular complexity index is 692. The van der Waals surface area contributed by atoms with Crippen LogP contribution in [0.25, 0.3) is 0 Å². The van der Waals surface area contributed by atoms with Gasteiger partial charge in [0.15, 0.2) is 0 Å². The van der Waals surface area contributed by atoms with E-state index in [1.807, 2.05) is 0 Å². The Hall–Kier alpha value is -1.57. The number of rotatable bonds is 5. The van der Waals surface area contributed by atoms with Crippen LogP contribution >= 0.6 is 11.6 Å². The van der Waals surface area contributed by atoms with Crippen LogP contribution in [0.1, 0.15) is 5.56 Å². The van der Waals surface area contributed by atoms with E-state index in [1.165, 1.54) is 17.1 Å². The van der Waals surface area contributed by atoms with E-state index in [1.54, 1.807) is 25.1 Å². The van der Waals surface area contributed by atoms with E-state index >= 15 is 0 Å². The van der Waals surface area contributed by atoms with Crippen molar-refractivity contribution >= 4 is 27.3 Å². The first kappa shape index (κ1) is 14.8. The van der Waals surface area contributed by atoms with Gasteiger partial charge in [0.1, 0.15) is 4.90 Å². The number of aryl methyl sites for hydroxylation is 1. The van der Waals surface area contributed by atoms with Crippen molar-refractivity contribution in [2.45, 2.75) is 18.4 Å². The van der Waals surface area contributed by atoms with Crippen molar-refractivity contribution in [3.05, 3.63) is 41.2 Å². The van der Waals surface area contributed by atoms with E-state index in [0.717, 1.165) is 5.56 Å². The molecule has 20 heavy (non-hydrogen) atoms. The normalized spacial score (nSPS) is 11.6. The minimum absolute atomic E-state index is 0.0188. The molecule has 1 aromatic heterocycles. The molecule has 0 spiro atoms. The third-order valence-corrected chi connectivity index (χ3v) is 4.33. The maximum Gasteiger partial charge on any atom is 0.265 e. The third kappa shape index (κ3) is 3.12. The molecule has 0 bridgehead atoms. The Morgan fingerprint density at radius 3 is 2.85 bits per heavy atom. The van der Waals surface area contributed by atoms with Gasteiger partial charge in [0, 0.05) is 6.20 Å². The van der Waals surface area contributed by atoms with Gasteiger partial charge in [0.25, 0.3) is 10.0 Å². The molecule has 2 rings (SSSR count). The number of nitrogens with zero attached hydrogens (tertiary/aromatic N) is 2. The fourth-order valence-corrected chi connectivity index (χ4v) is 3.09. The highest BCUT2D eigenvalue weighted by Gasteiger charge is 2.18. The molecule has 0 saturated carbocycles. The van der Waals surface area contributed by atoms with Crippen LogP contribution in [0.15, 0.2) is 35.5 Å². The van der Waals surface area contributed by atoms with Gasteiger partial charge in [-0.05, 0) is 18.6 Å². The Morgan fingerprint density at radius 1 is 1.45 bits per heavy atom. The number of hydrogen-bond donors (Lipinski definition) is 2. The molecule has 2 aromatic rings. The lowest BCUT2D eigenvalue weighted by atomic mass is 10.2. The lowest BCUT2D eigenvalue weighted by Gasteiger charge is -2.10. The standard InChI is InChI=1S/C12H14ClN3O3S/c1-9-3-2-4-11(13)12(9)15-20(18,19)10-7-14-16(8-10)5-6-17/h2-4,7-8,15,17H,5-6H2,1H3. The highest BCUT2D eigenvalue weighted by molar-refractivity contribution is 7.92. The number of halogens is 1. The highest BCUT2D eigenvalue weighted by atomic mass is 35.5. The SMILES string of the molecule is Cc1cccc(Cl)c1NS(=O)(=O)c1cnn(CCO)c1. The molecular weight excluding hydrogens is 302 g/mol. The van der Waals surface area contributed by atoms with Crippen LogP contribution in [0.3, 0.4) is 0 Å². The van der Waals surface area contributed by atoms with Crippen molar-refractivity contribution in [3.8, 4) is 0 Å². The maximum absolute atomic E-state index is 12.2. The number of aromatic nitrogens is 2. The van der Waals surface area contributed by atoms with Crippen molar-refractivity contribution < 1.29 is 13.5 Å². The van der Waals surface area contributed by atoms with Gasteiger partial charge in [-0.3, -0.25) is 9.40 Å². The van der Waals surface area contributed by atoms with E-state index in [0.29, 0.717) is 10.7 Å². The van der Waals surface area contributed by atoms with Gasteiger partial charge in [-0.1, -0.05) is 23.7 Å². The van der Waals surface area contributed by atoms with E-state index in [9.17, 15) is 8.42 Å². The monoisotopic (exact) mass is 315 g/mol. The minimum atomic E-state index is -3.76. The van der Waals surface area contributed by atoms with Gasteiger partial charge in [-0.25, -0.2) is 8.42 Å². The Labute approximate surface area is 122 Å². The van der Waals surface area contributed by atoms with Gasteiger partial charge in [-0.2, -0.15) is 5.10 Å². The van der Waals surface area contributed by atoms with Crippen molar-refractivity contribution in [2.24, 2.45) is 0 Å². The second-order valence-electron chi connectivity index (χ2n) is 4.20. The summed E-state index contributed by atoms with van der Waals surface area (Å²) in [6, 6.07) is 5.12. The number of para-hydroxylation sites is 1. The van der Waals surface area contributed by atoms with Crippen LogP contribution in [0.5, 0.6) is 0 Å². The van der Waals surface area contributed by atoms with Crippen LogP contribution in [0.4, 0.5) is 5.69 Å². The van der Waals surface area contributed by atoms with Gasteiger partial charge in [0.2, 0.25) is 0 Å². The number of anilines is 1. The second-order valence-corrected chi connectivity index (χ2v) is 6.29. The molecule has 1 heterocycles. The molecule has 0 amide bonds. The molecule has 8 heteroatoms. The number of nitrogens with one attached hydrogen (secondary N) is 1. The van der Waals surface area contributed by atoms with Crippen LogP contribution in [-0.4, -0.2) is 29.9 Å². The number of aliphatic hydroxyl groups excluding tert-OH is 1. The zero-order chi connectivity index (χ0) is 14.8. The smallest absolute Gasteiger partial charge is 0.265 e. The fourth-order valence-electron chi connectivity index (χ4n) is 1.66. The third-order valence-electron chi connectivity index (χ3n) is 2.71. The second kappa shape index (κ2) is 5.82. The summed E-state index contributed by atoms with van der Waals surface area (Å²) in [7, 11) is -3.76. The summed E-state index contributed by atoms with van der Waals surface area (Å²) in [5.41, 5.74) is 1.08. The van der Waals surface area contributed by atoms with Gasteiger partial charge in [0.05, 0.1) is 30.1 Å². The van der Waals surface area contributed by atoms with Crippen LogP contribution < -0.4 is 4.72 Å². The highest BCUT2D eigenvalue weighted by Crippen LogP contribution is 2.27. The predicted octanol–water partition coefficient (Wildman–Crippen LogP) is 1.64. The van der Waals surface area contributed by atoms with Crippen LogP contribution in [0.2, 0.25) is 5.02 Å². The summed E-state index contributed by atoms with van der Waals surface area (Å²) >= 11 is 6.00. The topological polar surface area (TPSA) is 84.2 Å². The molecule has 0 aliphatic rings. The first-order valence-corrected chi connectivity index (χ1v) is 7.71. The largest absolute Gasteiger partial charge is 0.394 e. The van der Waals surface area contributed by atoms with E-state index in [-0.39, 0.29) is 18.0 Å². The number of benzene rings is 1. The van der Waals surface area contributed by atoms with Crippen molar-refractivity contribution in [3.63, 3.8) is 0 Å². The van der Waals surface area contributed by atoms with Crippen molar-refractivity contribution in [2.75, 3.05) is 11.3 Å². The molecule has 1 aromatic carbocycles. The van der Waals surface area contributed by atoms with E-state index < -0.39 is 10.0 Å². The molecule has 0 atom stereocenters. The van der Waals surface area contributed by atoms with E-state index in [4.69, 9.17) is 16.7 Å². The Balaban J connectivity index is 2.31. The zero-order valence-corrected chi connectivity index (χ0v) is 12.3. The summed E-state index contributed by atoms with van der Waals surface area (Å²) in [4.78, 5) is 0.0188. The van der Waals surface area contributed by atoms with Crippen LogP contribution in [0, 0.1) is 6.92 Å². The molecule has 6 nitrogen and oxygen atoms in total. The number of sulfonamides is 1. The molecular formula is C12H14ClN3O3S. The lowest BCUT2D eigenvalue weighted by Crippen LogP contribution is -2.13. The first-order chi connectivity index (χ1) is 9.44. The van der Waals surface area contributed by atoms with Crippen LogP contribution in [-0.2, 0) is 16.6 Å². The lowest BCUT2D eigenvalue weighted by molar-refractivity contribution is 0.269. The van der Waals surface area contributed by atoms with Crippen molar-refractivity contribution in [1.82, 2.24) is 9.78 Å². The molecule has 0 radical (unpaired) electrons. The average Bonchev–Trinajstić information content (AvgIpc) is 2.84. The minimum Gasteiger partial charge on any atom is -0.394 e. The van der Waals surface area contributed by atoms with Crippen molar-refractivity contribution in [1.29, 1.82) is 0 Å². The van der Waals surface area contributed by atoms with E-state index in [2.05, 4.69) is 9.82 Å². The quantitative estimate of drug-likeness (QED) is 0.878. The number of hydrogen-bond acceptors (Lipinski definition) is 4. The first-order valence-electron chi connectivity index (χ1n) is 5.85. The Morgan fingerprint density at radius 2 is 2.20 bits per heavy atom. The molecule has 2 N–H and O–H groups in total. The van der Waals surface area contributed by atoms with Gasteiger partial charge >= 0.3 is 0 Å². The molecule has 0 saturated heterocycles. The molecule has 0 aliphatic carbocycles. The van der Waals surface area contributed by atoms with Gasteiger partial charge in [-0.15, -0.1) is 0 Å². The average molecular weight is 316 g/mol. The summed E-state index contributed by atoms with van der Waals surface area (Å²) in [6.45, 7) is 1.89.